The Morgan fingerprint density at radius 1 is 1.16 bits per heavy atom. The van der Waals surface area contributed by atoms with Crippen LogP contribution in [0.15, 0.2) is 54.6 Å². The van der Waals surface area contributed by atoms with E-state index in [4.69, 9.17) is 0 Å². The van der Waals surface area contributed by atoms with Gasteiger partial charge >= 0.3 is 0 Å². The molecule has 1 aliphatic carbocycles. The van der Waals surface area contributed by atoms with Crippen LogP contribution in [0.2, 0.25) is 0 Å². The van der Waals surface area contributed by atoms with Crippen LogP contribution in [0.1, 0.15) is 54.8 Å². The number of rotatable bonds is 3. The van der Waals surface area contributed by atoms with E-state index in [0.717, 1.165) is 12.0 Å². The normalized spacial score (nSPS) is 23.9. The Morgan fingerprint density at radius 3 is 2.60 bits per heavy atom. The summed E-state index contributed by atoms with van der Waals surface area (Å²) in [6, 6.07) is 13.9. The van der Waals surface area contributed by atoms with E-state index in [-0.39, 0.29) is 16.7 Å². The Bertz CT molecular complexity index is 839. The largest absolute Gasteiger partial charge is 0.378 e. The van der Waals surface area contributed by atoms with Gasteiger partial charge in [-0.2, -0.15) is 0 Å². The van der Waals surface area contributed by atoms with Gasteiger partial charge in [-0.15, -0.1) is 0 Å². The third-order valence-corrected chi connectivity index (χ3v) is 5.52. The number of allylic oxidation sites excluding steroid dienone is 2. The van der Waals surface area contributed by atoms with Crippen LogP contribution in [-0.4, -0.2) is 4.92 Å². The van der Waals surface area contributed by atoms with Crippen molar-refractivity contribution in [2.75, 3.05) is 5.32 Å². The Hall–Kier alpha value is -2.62. The Morgan fingerprint density at radius 2 is 1.92 bits per heavy atom. The average Bonchev–Trinajstić information content (AvgIpc) is 3.10. The van der Waals surface area contributed by atoms with Gasteiger partial charge in [0.05, 0.1) is 11.0 Å². The smallest absolute Gasteiger partial charge is 0.269 e. The van der Waals surface area contributed by atoms with Crippen LogP contribution < -0.4 is 5.32 Å². The predicted octanol–water partition coefficient (Wildman–Crippen LogP) is 5.54. The monoisotopic (exact) mass is 334 g/mol. The molecule has 0 amide bonds. The van der Waals surface area contributed by atoms with Crippen molar-refractivity contribution in [3.05, 3.63) is 81.4 Å². The fourth-order valence-electron chi connectivity index (χ4n) is 4.11. The molecule has 0 spiro atoms. The Kier molecular flexibility index (Phi) is 3.83. The van der Waals surface area contributed by atoms with Gasteiger partial charge in [0.2, 0.25) is 0 Å². The minimum Gasteiger partial charge on any atom is -0.378 e. The van der Waals surface area contributed by atoms with E-state index in [9.17, 15) is 10.1 Å². The summed E-state index contributed by atoms with van der Waals surface area (Å²) in [5.41, 5.74) is 5.18. The predicted molar refractivity (Wildman–Crippen MR) is 100.0 cm³/mol. The van der Waals surface area contributed by atoms with E-state index in [1.807, 2.05) is 12.1 Å². The van der Waals surface area contributed by atoms with Crippen molar-refractivity contribution in [3.8, 4) is 0 Å². The Balaban J connectivity index is 1.71. The molecule has 4 heteroatoms. The number of benzene rings is 2. The first kappa shape index (κ1) is 15.9. The minimum absolute atomic E-state index is 0.141. The number of hydrogen-bond acceptors (Lipinski definition) is 3. The molecule has 4 nitrogen and oxygen atoms in total. The molecule has 0 radical (unpaired) electrons. The molecule has 0 unspecified atom stereocenters. The number of nitro benzene ring substituents is 1. The molecule has 128 valence electrons. The van der Waals surface area contributed by atoms with Crippen LogP contribution in [0.25, 0.3) is 0 Å². The molecule has 1 heterocycles. The van der Waals surface area contributed by atoms with Crippen molar-refractivity contribution < 1.29 is 4.92 Å². The minimum atomic E-state index is -0.346. The van der Waals surface area contributed by atoms with Crippen molar-refractivity contribution in [1.82, 2.24) is 0 Å². The summed E-state index contributed by atoms with van der Waals surface area (Å²) in [6.45, 7) is 4.44. The second-order valence-electron chi connectivity index (χ2n) is 7.33. The summed E-state index contributed by atoms with van der Waals surface area (Å²) in [6.07, 6.45) is 5.63. The van der Waals surface area contributed by atoms with E-state index in [2.05, 4.69) is 49.5 Å². The number of nitrogens with zero attached hydrogens (tertiary/aromatic N) is 1. The highest BCUT2D eigenvalue weighted by Gasteiger charge is 2.38. The van der Waals surface area contributed by atoms with E-state index < -0.39 is 0 Å². The second-order valence-corrected chi connectivity index (χ2v) is 7.33. The molecular formula is C21H22N2O2. The lowest BCUT2D eigenvalue weighted by Crippen LogP contribution is -2.29. The standard InChI is InChI=1S/C21H22N2O2/c1-13(2)15-8-11-20-19(12-15)17-4-3-5-18(17)21(22-20)14-6-9-16(10-7-14)23(24)25/h3-4,6-13,17-18,21-22H,5H2,1-2H3/t17-,18+,21+/m1/s1. The van der Waals surface area contributed by atoms with Gasteiger partial charge in [-0.25, -0.2) is 0 Å². The molecule has 0 saturated carbocycles. The molecule has 1 N–H and O–H groups in total. The summed E-state index contributed by atoms with van der Waals surface area (Å²) >= 11 is 0. The quantitative estimate of drug-likeness (QED) is 0.455. The molecule has 2 aromatic rings. The number of nitro groups is 1. The zero-order chi connectivity index (χ0) is 17.6. The molecule has 0 bridgehead atoms. The SMILES string of the molecule is CC(C)c1ccc2c(c1)[C@@H]1C=CC[C@@H]1[C@H](c1ccc([N+](=O)[O-])cc1)N2. The van der Waals surface area contributed by atoms with Gasteiger partial charge in [0.25, 0.3) is 5.69 Å². The van der Waals surface area contributed by atoms with Crippen molar-refractivity contribution in [2.45, 2.75) is 38.1 Å². The summed E-state index contributed by atoms with van der Waals surface area (Å²) in [5, 5.41) is 14.6. The van der Waals surface area contributed by atoms with E-state index in [1.165, 1.54) is 16.8 Å². The van der Waals surface area contributed by atoms with Crippen molar-refractivity contribution in [2.24, 2.45) is 5.92 Å². The van der Waals surface area contributed by atoms with E-state index in [1.54, 1.807) is 12.1 Å². The van der Waals surface area contributed by atoms with Gasteiger partial charge in [-0.05, 0) is 41.0 Å². The summed E-state index contributed by atoms with van der Waals surface area (Å²) in [7, 11) is 0. The van der Waals surface area contributed by atoms with Crippen LogP contribution >= 0.6 is 0 Å². The third kappa shape index (κ3) is 2.72. The van der Waals surface area contributed by atoms with Crippen LogP contribution in [0, 0.1) is 16.0 Å². The molecule has 0 aromatic heterocycles. The van der Waals surface area contributed by atoms with Crippen LogP contribution in [0.3, 0.4) is 0 Å². The lowest BCUT2D eigenvalue weighted by molar-refractivity contribution is -0.384. The fraction of sp³-hybridized carbons (Fsp3) is 0.333. The molecular weight excluding hydrogens is 312 g/mol. The topological polar surface area (TPSA) is 55.2 Å². The highest BCUT2D eigenvalue weighted by Crippen LogP contribution is 2.50. The summed E-state index contributed by atoms with van der Waals surface area (Å²) in [5.74, 6) is 1.38. The first-order valence-electron chi connectivity index (χ1n) is 8.86. The van der Waals surface area contributed by atoms with E-state index in [0.29, 0.717) is 17.8 Å². The van der Waals surface area contributed by atoms with Gasteiger partial charge in [-0.1, -0.05) is 50.3 Å². The highest BCUT2D eigenvalue weighted by atomic mass is 16.6. The van der Waals surface area contributed by atoms with Gasteiger partial charge < -0.3 is 5.32 Å². The first-order chi connectivity index (χ1) is 12.0. The fourth-order valence-corrected chi connectivity index (χ4v) is 4.11. The number of fused-ring (bicyclic) bond motifs is 3. The lowest BCUT2D eigenvalue weighted by Gasteiger charge is -2.38. The molecule has 2 aromatic carbocycles. The number of hydrogen-bond donors (Lipinski definition) is 1. The molecule has 25 heavy (non-hydrogen) atoms. The molecule has 1 aliphatic heterocycles. The van der Waals surface area contributed by atoms with Gasteiger partial charge in [0.15, 0.2) is 0 Å². The zero-order valence-corrected chi connectivity index (χ0v) is 14.5. The maximum absolute atomic E-state index is 10.9. The van der Waals surface area contributed by atoms with Crippen molar-refractivity contribution >= 4 is 11.4 Å². The first-order valence-corrected chi connectivity index (χ1v) is 8.86. The summed E-state index contributed by atoms with van der Waals surface area (Å²) in [4.78, 5) is 10.6. The van der Waals surface area contributed by atoms with Crippen LogP contribution in [0.4, 0.5) is 11.4 Å². The number of non-ortho nitro benzene ring substituents is 1. The highest BCUT2D eigenvalue weighted by molar-refractivity contribution is 5.61. The zero-order valence-electron chi connectivity index (χ0n) is 14.5. The summed E-state index contributed by atoms with van der Waals surface area (Å²) < 4.78 is 0. The number of anilines is 1. The second kappa shape index (κ2) is 6.03. The lowest BCUT2D eigenvalue weighted by atomic mass is 9.76. The van der Waals surface area contributed by atoms with Gasteiger partial charge in [-0.3, -0.25) is 10.1 Å². The average molecular weight is 334 g/mol. The maximum Gasteiger partial charge on any atom is 0.269 e. The van der Waals surface area contributed by atoms with Crippen molar-refractivity contribution in [3.63, 3.8) is 0 Å². The van der Waals surface area contributed by atoms with Crippen LogP contribution in [-0.2, 0) is 0 Å². The Labute approximate surface area is 147 Å². The van der Waals surface area contributed by atoms with Crippen molar-refractivity contribution in [1.29, 1.82) is 0 Å². The maximum atomic E-state index is 10.9. The van der Waals surface area contributed by atoms with Gasteiger partial charge in [0, 0.05) is 23.7 Å². The number of nitrogens with one attached hydrogen (secondary N) is 1. The van der Waals surface area contributed by atoms with Crippen LogP contribution in [0.5, 0.6) is 0 Å². The van der Waals surface area contributed by atoms with E-state index >= 15 is 0 Å². The molecule has 0 saturated heterocycles. The molecule has 0 fully saturated rings. The molecule has 4 rings (SSSR count). The molecule has 2 aliphatic rings. The third-order valence-electron chi connectivity index (χ3n) is 5.52. The van der Waals surface area contributed by atoms with Gasteiger partial charge in [0.1, 0.15) is 0 Å². The molecule has 3 atom stereocenters.